The smallest absolute Gasteiger partial charge is 0.415 e. The second kappa shape index (κ2) is 13.7. The molecule has 49 heavy (non-hydrogen) atoms. The number of nitrogens with zero attached hydrogens (tertiary/aromatic N) is 3. The predicted molar refractivity (Wildman–Crippen MR) is 187 cm³/mol. The molecule has 9 nitrogen and oxygen atoms in total. The zero-order valence-electron chi connectivity index (χ0n) is 26.9. The van der Waals surface area contributed by atoms with Gasteiger partial charge in [-0.1, -0.05) is 59.1 Å². The van der Waals surface area contributed by atoms with Crippen LogP contribution in [0.15, 0.2) is 79.1 Å². The Labute approximate surface area is 299 Å². The lowest BCUT2D eigenvalue weighted by Crippen LogP contribution is -2.42. The van der Waals surface area contributed by atoms with E-state index in [0.29, 0.717) is 60.8 Å². The number of ether oxygens (including phenoxy) is 4. The van der Waals surface area contributed by atoms with Crippen LogP contribution in [0.2, 0.25) is 15.1 Å². The first kappa shape index (κ1) is 33.5. The van der Waals surface area contributed by atoms with E-state index in [1.165, 1.54) is 19.5 Å². The molecular formula is C37H34Cl3N3O6. The standard InChI is InChI=1S/C37H34Cl3N3O6/c1-46-32-11-10-24(14-34(32)47-2)33(16-27-30(39)17-41-18-31(27)40)48-35(44)23-8-6-22(7-9-23)19-43(26-5-3-4-25(38)15-26)36(45)49-37-21-42-13-12-28(37)29(37)20-42/h3-11,14-15,17-18,28-29,33H,12-13,16,19-21H2,1-2H3/t28?,29?,33-,37+/m0/s1. The summed E-state index contributed by atoms with van der Waals surface area (Å²) in [7, 11) is 3.08. The number of amides is 1. The molecular weight excluding hydrogens is 689 g/mol. The van der Waals surface area contributed by atoms with Crippen molar-refractivity contribution in [3.8, 4) is 11.5 Å². The van der Waals surface area contributed by atoms with Gasteiger partial charge in [-0.15, -0.1) is 0 Å². The third-order valence-corrected chi connectivity index (χ3v) is 10.7. The normalized spacial score (nSPS) is 22.2. The second-order valence-electron chi connectivity index (χ2n) is 12.6. The quantitative estimate of drug-likeness (QED) is 0.144. The zero-order valence-corrected chi connectivity index (χ0v) is 29.2. The van der Waals surface area contributed by atoms with Crippen molar-refractivity contribution in [2.24, 2.45) is 11.8 Å². The molecule has 8 rings (SSSR count). The van der Waals surface area contributed by atoms with Crippen molar-refractivity contribution < 1.29 is 28.5 Å². The molecule has 0 radical (unpaired) electrons. The Balaban J connectivity index is 1.10. The van der Waals surface area contributed by atoms with Crippen LogP contribution >= 0.6 is 34.8 Å². The first-order valence-electron chi connectivity index (χ1n) is 16.0. The summed E-state index contributed by atoms with van der Waals surface area (Å²) >= 11 is 19.2. The number of hydrogen-bond acceptors (Lipinski definition) is 8. The molecule has 12 heteroatoms. The summed E-state index contributed by atoms with van der Waals surface area (Å²) in [5, 5.41) is 1.23. The lowest BCUT2D eigenvalue weighted by atomic mass is 10.0. The highest BCUT2D eigenvalue weighted by Crippen LogP contribution is 2.63. The second-order valence-corrected chi connectivity index (χ2v) is 13.9. The maximum Gasteiger partial charge on any atom is 0.415 e. The van der Waals surface area contributed by atoms with E-state index in [2.05, 4.69) is 9.88 Å². The Morgan fingerprint density at radius 3 is 2.35 bits per heavy atom. The summed E-state index contributed by atoms with van der Waals surface area (Å²) in [5.74, 6) is 1.30. The summed E-state index contributed by atoms with van der Waals surface area (Å²) < 4.78 is 23.2. The molecule has 4 aromatic rings. The molecule has 1 aromatic heterocycles. The highest BCUT2D eigenvalue weighted by atomic mass is 35.5. The first-order chi connectivity index (χ1) is 23.7. The average Bonchev–Trinajstić information content (AvgIpc) is 3.60. The van der Waals surface area contributed by atoms with Crippen LogP contribution in [-0.4, -0.2) is 61.4 Å². The van der Waals surface area contributed by atoms with Crippen LogP contribution in [0, 0.1) is 11.8 Å². The fourth-order valence-electron chi connectivity index (χ4n) is 7.25. The number of rotatable bonds is 11. The maximum atomic E-state index is 13.8. The van der Waals surface area contributed by atoms with E-state index >= 15 is 0 Å². The SMILES string of the molecule is COc1ccc([C@H](Cc2c(Cl)cncc2Cl)OC(=O)c2ccc(CN(C(=O)O[C@]34CN5CCC3C4C5)c3cccc(Cl)c3)cc2)cc1OC. The van der Waals surface area contributed by atoms with Gasteiger partial charge in [0.25, 0.3) is 0 Å². The molecule has 254 valence electrons. The lowest BCUT2D eigenvalue weighted by molar-refractivity contribution is 0.0296. The minimum absolute atomic E-state index is 0.192. The summed E-state index contributed by atoms with van der Waals surface area (Å²) in [6.45, 7) is 3.06. The number of pyridine rings is 1. The number of esters is 1. The van der Waals surface area contributed by atoms with Crippen LogP contribution in [0.25, 0.3) is 0 Å². The number of benzene rings is 3. The van der Waals surface area contributed by atoms with Crippen LogP contribution in [0.3, 0.4) is 0 Å². The maximum absolute atomic E-state index is 13.8. The lowest BCUT2D eigenvalue weighted by Gasteiger charge is -2.31. The molecule has 3 aromatic carbocycles. The van der Waals surface area contributed by atoms with E-state index in [4.69, 9.17) is 53.8 Å². The molecule has 3 saturated heterocycles. The zero-order chi connectivity index (χ0) is 34.3. The van der Waals surface area contributed by atoms with Crippen LogP contribution < -0.4 is 14.4 Å². The number of anilines is 1. The molecule has 5 atom stereocenters. The highest BCUT2D eigenvalue weighted by Gasteiger charge is 2.74. The molecule has 3 unspecified atom stereocenters. The van der Waals surface area contributed by atoms with E-state index in [1.807, 2.05) is 6.07 Å². The van der Waals surface area contributed by atoms with Crippen LogP contribution in [-0.2, 0) is 22.4 Å². The van der Waals surface area contributed by atoms with Crippen LogP contribution in [0.4, 0.5) is 10.5 Å². The molecule has 0 N–H and O–H groups in total. The van der Waals surface area contributed by atoms with E-state index in [0.717, 1.165) is 31.6 Å². The molecule has 4 heterocycles. The summed E-state index contributed by atoms with van der Waals surface area (Å²) in [6.07, 6.45) is 3.06. The minimum Gasteiger partial charge on any atom is -0.493 e. The third kappa shape index (κ3) is 6.65. The van der Waals surface area contributed by atoms with Crippen molar-refractivity contribution in [2.45, 2.75) is 31.1 Å². The van der Waals surface area contributed by atoms with Gasteiger partial charge in [-0.25, -0.2) is 9.59 Å². The number of hydrogen-bond donors (Lipinski definition) is 0. The Bertz CT molecular complexity index is 1870. The number of carbonyl (C=O) groups is 2. The van der Waals surface area contributed by atoms with E-state index in [1.54, 1.807) is 72.7 Å². The van der Waals surface area contributed by atoms with Gasteiger partial charge in [0.05, 0.1) is 36.4 Å². The Morgan fingerprint density at radius 1 is 0.959 bits per heavy atom. The van der Waals surface area contributed by atoms with Crippen LogP contribution in [0.1, 0.15) is 39.6 Å². The number of fused-ring (bicyclic) bond motifs is 1. The molecule has 1 amide bonds. The number of aromatic nitrogens is 1. The van der Waals surface area contributed by atoms with Gasteiger partial charge in [-0.05, 0) is 72.1 Å². The fourth-order valence-corrected chi connectivity index (χ4v) is 7.96. The summed E-state index contributed by atoms with van der Waals surface area (Å²) in [5.41, 5.74) is 2.61. The van der Waals surface area contributed by atoms with Crippen molar-refractivity contribution in [1.82, 2.24) is 9.88 Å². The van der Waals surface area contributed by atoms with Crippen molar-refractivity contribution >= 4 is 52.6 Å². The van der Waals surface area contributed by atoms with Gasteiger partial charge < -0.3 is 18.9 Å². The molecule has 4 aliphatic rings. The van der Waals surface area contributed by atoms with Gasteiger partial charge in [-0.3, -0.25) is 14.8 Å². The Hall–Kier alpha value is -4.02. The monoisotopic (exact) mass is 721 g/mol. The molecule has 4 bridgehead atoms. The minimum atomic E-state index is -0.773. The van der Waals surface area contributed by atoms with Gasteiger partial charge in [0.15, 0.2) is 11.5 Å². The fraction of sp³-hybridized carbons (Fsp3) is 0.324. The molecule has 3 aliphatic heterocycles. The first-order valence-corrected chi connectivity index (χ1v) is 17.1. The molecule has 1 saturated carbocycles. The van der Waals surface area contributed by atoms with Crippen molar-refractivity contribution in [1.29, 1.82) is 0 Å². The van der Waals surface area contributed by atoms with Gasteiger partial charge in [0, 0.05) is 54.4 Å². The molecule has 4 fully saturated rings. The van der Waals surface area contributed by atoms with Crippen molar-refractivity contribution in [2.75, 3.05) is 38.8 Å². The Morgan fingerprint density at radius 2 is 1.71 bits per heavy atom. The Kier molecular flexibility index (Phi) is 9.37. The topological polar surface area (TPSA) is 90.4 Å². The largest absolute Gasteiger partial charge is 0.493 e. The van der Waals surface area contributed by atoms with E-state index in [-0.39, 0.29) is 13.0 Å². The average molecular weight is 723 g/mol. The van der Waals surface area contributed by atoms with Gasteiger partial charge in [-0.2, -0.15) is 0 Å². The van der Waals surface area contributed by atoms with Gasteiger partial charge in [0.1, 0.15) is 11.7 Å². The molecule has 0 spiro atoms. The van der Waals surface area contributed by atoms with Gasteiger partial charge >= 0.3 is 12.1 Å². The third-order valence-electron chi connectivity index (χ3n) is 9.83. The van der Waals surface area contributed by atoms with E-state index in [9.17, 15) is 9.59 Å². The van der Waals surface area contributed by atoms with Crippen molar-refractivity contribution in [3.05, 3.63) is 116 Å². The predicted octanol–water partition coefficient (Wildman–Crippen LogP) is 8.05. The number of piperidine rings is 3. The van der Waals surface area contributed by atoms with Crippen LogP contribution in [0.5, 0.6) is 11.5 Å². The van der Waals surface area contributed by atoms with E-state index < -0.39 is 23.8 Å². The number of carbonyl (C=O) groups excluding carboxylic acids is 2. The summed E-state index contributed by atoms with van der Waals surface area (Å²) in [4.78, 5) is 35.4. The number of halogens is 3. The molecule has 1 aliphatic carbocycles. The summed E-state index contributed by atoms with van der Waals surface area (Å²) in [6, 6.07) is 19.4. The highest BCUT2D eigenvalue weighted by molar-refractivity contribution is 6.35. The number of methoxy groups -OCH3 is 2. The van der Waals surface area contributed by atoms with Gasteiger partial charge in [0.2, 0.25) is 0 Å². The van der Waals surface area contributed by atoms with Crippen molar-refractivity contribution in [3.63, 3.8) is 0 Å².